The van der Waals surface area contributed by atoms with E-state index < -0.39 is 15.3 Å². The number of nitrogens with zero attached hydrogens (tertiary/aromatic N) is 1. The average Bonchev–Trinajstić information content (AvgIpc) is 2.36. The molecule has 1 rings (SSSR count). The second kappa shape index (κ2) is 6.72. The first kappa shape index (κ1) is 15.7. The van der Waals surface area contributed by atoms with Gasteiger partial charge in [0.2, 0.25) is 15.9 Å². The Hall–Kier alpha value is -1.34. The van der Waals surface area contributed by atoms with E-state index >= 15 is 0 Å². The number of ether oxygens (including phenoxy) is 1. The molecule has 19 heavy (non-hydrogen) atoms. The van der Waals surface area contributed by atoms with Gasteiger partial charge in [0.05, 0.1) is 24.2 Å². The van der Waals surface area contributed by atoms with Gasteiger partial charge < -0.3 is 10.1 Å². The second-order valence-electron chi connectivity index (χ2n) is 4.61. The molecule has 1 unspecified atom stereocenters. The van der Waals surface area contributed by atoms with Gasteiger partial charge in [-0.3, -0.25) is 4.72 Å². The maximum absolute atomic E-state index is 12.1. The predicted molar refractivity (Wildman–Crippen MR) is 75.9 cm³/mol. The minimum Gasteiger partial charge on any atom is -0.481 e. The van der Waals surface area contributed by atoms with Gasteiger partial charge in [-0.05, 0) is 13.0 Å². The number of rotatable bonds is 7. The van der Waals surface area contributed by atoms with Crippen LogP contribution in [0.25, 0.3) is 0 Å². The Morgan fingerprint density at radius 1 is 1.32 bits per heavy atom. The van der Waals surface area contributed by atoms with E-state index in [2.05, 4.69) is 15.0 Å². The summed E-state index contributed by atoms with van der Waals surface area (Å²) in [6.45, 7) is 6.01. The molecule has 0 aliphatic carbocycles. The van der Waals surface area contributed by atoms with Gasteiger partial charge in [0.25, 0.3) is 0 Å². The van der Waals surface area contributed by atoms with Crippen LogP contribution < -0.4 is 14.8 Å². The minimum atomic E-state index is -3.42. The van der Waals surface area contributed by atoms with Crippen LogP contribution in [-0.4, -0.2) is 38.3 Å². The van der Waals surface area contributed by atoms with Crippen molar-refractivity contribution in [3.8, 4) is 5.88 Å². The lowest BCUT2D eigenvalue weighted by atomic mass is 10.3. The van der Waals surface area contributed by atoms with Gasteiger partial charge in [0.15, 0.2) is 0 Å². The molecule has 0 spiro atoms. The zero-order valence-corrected chi connectivity index (χ0v) is 12.5. The highest BCUT2D eigenvalue weighted by molar-refractivity contribution is 7.93. The molecular formula is C12H21N3O3S. The van der Waals surface area contributed by atoms with Crippen molar-refractivity contribution in [3.05, 3.63) is 18.3 Å². The third-order valence-electron chi connectivity index (χ3n) is 2.55. The Balaban J connectivity index is 2.67. The minimum absolute atomic E-state index is 0.250. The monoisotopic (exact) mass is 287 g/mol. The molecule has 7 heteroatoms. The summed E-state index contributed by atoms with van der Waals surface area (Å²) in [5, 5.41) is 2.57. The summed E-state index contributed by atoms with van der Waals surface area (Å²) < 4.78 is 31.5. The summed E-state index contributed by atoms with van der Waals surface area (Å²) in [4.78, 5) is 3.95. The van der Waals surface area contributed by atoms with E-state index in [4.69, 9.17) is 4.74 Å². The number of anilines is 1. The van der Waals surface area contributed by atoms with Crippen LogP contribution in [0, 0.1) is 0 Å². The van der Waals surface area contributed by atoms with E-state index in [0.29, 0.717) is 18.1 Å². The first-order valence-corrected chi connectivity index (χ1v) is 7.65. The largest absolute Gasteiger partial charge is 0.481 e. The highest BCUT2D eigenvalue weighted by atomic mass is 32.2. The van der Waals surface area contributed by atoms with E-state index in [0.717, 1.165) is 0 Å². The molecule has 0 aromatic carbocycles. The van der Waals surface area contributed by atoms with Gasteiger partial charge in [0.1, 0.15) is 0 Å². The number of methoxy groups -OCH3 is 1. The molecule has 0 radical (unpaired) electrons. The van der Waals surface area contributed by atoms with Gasteiger partial charge >= 0.3 is 0 Å². The van der Waals surface area contributed by atoms with E-state index in [1.54, 1.807) is 19.1 Å². The topological polar surface area (TPSA) is 80.3 Å². The summed E-state index contributed by atoms with van der Waals surface area (Å²) in [5.74, 6) is 0.442. The second-order valence-corrected chi connectivity index (χ2v) is 6.71. The lowest BCUT2D eigenvalue weighted by molar-refractivity contribution is 0.398. The number of aromatic nitrogens is 1. The Morgan fingerprint density at radius 3 is 2.47 bits per heavy atom. The van der Waals surface area contributed by atoms with E-state index in [1.807, 2.05) is 13.8 Å². The summed E-state index contributed by atoms with van der Waals surface area (Å²) in [6, 6.07) is 3.47. The molecule has 0 saturated carbocycles. The zero-order valence-electron chi connectivity index (χ0n) is 11.7. The highest BCUT2D eigenvalue weighted by Crippen LogP contribution is 2.14. The summed E-state index contributed by atoms with van der Waals surface area (Å²) >= 11 is 0. The fourth-order valence-corrected chi connectivity index (χ4v) is 2.30. The van der Waals surface area contributed by atoms with Gasteiger partial charge in [-0.25, -0.2) is 13.4 Å². The van der Waals surface area contributed by atoms with Crippen LogP contribution in [0.2, 0.25) is 0 Å². The number of sulfonamides is 1. The molecule has 1 aromatic heterocycles. The maximum Gasteiger partial charge on any atom is 0.236 e. The number of hydrogen-bond donors (Lipinski definition) is 2. The average molecular weight is 287 g/mol. The van der Waals surface area contributed by atoms with Crippen LogP contribution in [0.4, 0.5) is 5.69 Å². The lowest BCUT2D eigenvalue weighted by Gasteiger charge is -2.16. The Morgan fingerprint density at radius 2 is 2.00 bits per heavy atom. The fourth-order valence-electron chi connectivity index (χ4n) is 1.34. The smallest absolute Gasteiger partial charge is 0.236 e. The molecule has 6 nitrogen and oxygen atoms in total. The molecule has 108 valence electrons. The Bertz CT molecular complexity index is 485. The molecular weight excluding hydrogens is 266 g/mol. The first-order chi connectivity index (χ1) is 8.85. The molecule has 1 atom stereocenters. The van der Waals surface area contributed by atoms with Crippen molar-refractivity contribution in [1.29, 1.82) is 0 Å². The normalized spacial score (nSPS) is 13.3. The molecule has 0 aliphatic rings. The van der Waals surface area contributed by atoms with Gasteiger partial charge in [-0.2, -0.15) is 0 Å². The van der Waals surface area contributed by atoms with Crippen LogP contribution in [-0.2, 0) is 10.0 Å². The predicted octanol–water partition coefficient (Wildman–Crippen LogP) is 1.22. The third-order valence-corrected chi connectivity index (χ3v) is 4.30. The molecule has 0 amide bonds. The Labute approximate surface area is 114 Å². The van der Waals surface area contributed by atoms with Crippen LogP contribution in [0.15, 0.2) is 18.3 Å². The van der Waals surface area contributed by atoms with E-state index in [9.17, 15) is 8.42 Å². The van der Waals surface area contributed by atoms with Crippen molar-refractivity contribution < 1.29 is 13.2 Å². The van der Waals surface area contributed by atoms with Gasteiger partial charge in [0, 0.05) is 18.7 Å². The van der Waals surface area contributed by atoms with E-state index in [1.165, 1.54) is 13.3 Å². The van der Waals surface area contributed by atoms with E-state index in [-0.39, 0.29) is 6.04 Å². The van der Waals surface area contributed by atoms with Crippen molar-refractivity contribution in [3.63, 3.8) is 0 Å². The fraction of sp³-hybridized carbons (Fsp3) is 0.583. The summed E-state index contributed by atoms with van der Waals surface area (Å²) in [6.07, 6.45) is 1.43. The quantitative estimate of drug-likeness (QED) is 0.788. The van der Waals surface area contributed by atoms with Crippen LogP contribution in [0.1, 0.15) is 20.8 Å². The standard InChI is InChI=1S/C12H21N3O3S/c1-9(2)13-7-10(3)19(16,17)15-11-5-6-12(18-4)14-8-11/h5-6,8-10,13,15H,7H2,1-4H3. The summed E-state index contributed by atoms with van der Waals surface area (Å²) in [5.41, 5.74) is 0.428. The number of hydrogen-bond acceptors (Lipinski definition) is 5. The SMILES string of the molecule is COc1ccc(NS(=O)(=O)C(C)CNC(C)C)cn1. The molecule has 2 N–H and O–H groups in total. The number of nitrogens with one attached hydrogen (secondary N) is 2. The third kappa shape index (κ3) is 5.04. The van der Waals surface area contributed by atoms with Gasteiger partial charge in [-0.1, -0.05) is 13.8 Å². The molecule has 0 aliphatic heterocycles. The highest BCUT2D eigenvalue weighted by Gasteiger charge is 2.20. The van der Waals surface area contributed by atoms with Gasteiger partial charge in [-0.15, -0.1) is 0 Å². The van der Waals surface area contributed by atoms with Crippen LogP contribution in [0.5, 0.6) is 5.88 Å². The van der Waals surface area contributed by atoms with Crippen molar-refractivity contribution in [1.82, 2.24) is 10.3 Å². The lowest BCUT2D eigenvalue weighted by Crippen LogP contribution is -2.37. The molecule has 1 heterocycles. The first-order valence-electron chi connectivity index (χ1n) is 6.10. The zero-order chi connectivity index (χ0) is 14.5. The molecule has 0 saturated heterocycles. The molecule has 0 bridgehead atoms. The van der Waals surface area contributed by atoms with Crippen molar-refractivity contribution in [2.45, 2.75) is 32.1 Å². The summed E-state index contributed by atoms with van der Waals surface area (Å²) in [7, 11) is -1.92. The molecule has 0 fully saturated rings. The van der Waals surface area contributed by atoms with Crippen molar-refractivity contribution in [2.75, 3.05) is 18.4 Å². The van der Waals surface area contributed by atoms with Crippen molar-refractivity contribution in [2.24, 2.45) is 0 Å². The molecule has 1 aromatic rings. The van der Waals surface area contributed by atoms with Crippen molar-refractivity contribution >= 4 is 15.7 Å². The number of pyridine rings is 1. The maximum atomic E-state index is 12.1. The van der Waals surface area contributed by atoms with Crippen LogP contribution >= 0.6 is 0 Å². The van der Waals surface area contributed by atoms with Crippen LogP contribution in [0.3, 0.4) is 0 Å². The Kier molecular flexibility index (Phi) is 5.56.